The summed E-state index contributed by atoms with van der Waals surface area (Å²) in [5, 5.41) is 13.9. The number of nitriles is 1. The summed E-state index contributed by atoms with van der Waals surface area (Å²) < 4.78 is 5.30. The second-order valence-corrected chi connectivity index (χ2v) is 8.50. The van der Waals surface area contributed by atoms with Crippen LogP contribution in [0.2, 0.25) is 0 Å². The zero-order valence-electron chi connectivity index (χ0n) is 16.9. The Bertz CT molecular complexity index is 793. The minimum atomic E-state index is -0.509. The number of hydrogen-bond acceptors (Lipinski definition) is 3. The van der Waals surface area contributed by atoms with E-state index in [9.17, 15) is 4.79 Å². The third-order valence-corrected chi connectivity index (χ3v) is 4.43. The zero-order valence-corrected chi connectivity index (χ0v) is 16.9. The summed E-state index contributed by atoms with van der Waals surface area (Å²) >= 11 is 0. The molecule has 0 radical (unpaired) electrons. The van der Waals surface area contributed by atoms with Crippen molar-refractivity contribution in [2.45, 2.75) is 65.0 Å². The third kappa shape index (κ3) is 6.26. The molecule has 0 aromatic heterocycles. The first-order valence-corrected chi connectivity index (χ1v) is 9.28. The van der Waals surface area contributed by atoms with E-state index >= 15 is 0 Å². The number of quaternary nitrogens is 1. The highest BCUT2D eigenvalue weighted by molar-refractivity contribution is 5.67. The van der Waals surface area contributed by atoms with Crippen LogP contribution < -0.4 is 10.6 Å². The number of carbonyl (C=O) groups excluding carboxylic acids is 1. The molecule has 0 aliphatic carbocycles. The van der Waals surface area contributed by atoms with Gasteiger partial charge in [0, 0.05) is 18.2 Å². The average Bonchev–Trinajstić information content (AvgIpc) is 2.62. The van der Waals surface area contributed by atoms with Crippen LogP contribution in [0.1, 0.15) is 58.6 Å². The van der Waals surface area contributed by atoms with Crippen molar-refractivity contribution in [3.63, 3.8) is 0 Å². The number of carbonyl (C=O) groups is 1. The summed E-state index contributed by atoms with van der Waals surface area (Å²) in [6.45, 7) is 10.4. The number of nitrogens with zero attached hydrogens (tertiary/aromatic N) is 1. The number of ether oxygens (including phenoxy) is 1. The van der Waals surface area contributed by atoms with Crippen LogP contribution in [-0.2, 0) is 16.7 Å². The molecule has 0 fully saturated rings. The fraction of sp³-hybridized carbons (Fsp3) is 0.455. The Morgan fingerprint density at radius 1 is 1.37 bits per heavy atom. The van der Waals surface area contributed by atoms with Crippen molar-refractivity contribution >= 4 is 11.8 Å². The molecule has 0 saturated heterocycles. The smallest absolute Gasteiger partial charge is 0.407 e. The van der Waals surface area contributed by atoms with Gasteiger partial charge in [-0.2, -0.15) is 5.26 Å². The number of rotatable bonds is 3. The van der Waals surface area contributed by atoms with Gasteiger partial charge in [0.2, 0.25) is 0 Å². The largest absolute Gasteiger partial charge is 0.444 e. The predicted octanol–water partition coefficient (Wildman–Crippen LogP) is 3.94. The highest BCUT2D eigenvalue weighted by Crippen LogP contribution is 2.33. The lowest BCUT2D eigenvalue weighted by Crippen LogP contribution is -2.71. The minimum Gasteiger partial charge on any atom is -0.444 e. The number of hydrogen-bond donors (Lipinski definition) is 2. The third-order valence-electron chi connectivity index (χ3n) is 4.43. The molecule has 0 bridgehead atoms. The lowest BCUT2D eigenvalue weighted by atomic mass is 9.79. The van der Waals surface area contributed by atoms with Gasteiger partial charge in [0.05, 0.1) is 18.7 Å². The van der Waals surface area contributed by atoms with Crippen LogP contribution in [0, 0.1) is 11.3 Å². The van der Waals surface area contributed by atoms with Crippen molar-refractivity contribution in [2.75, 3.05) is 0 Å². The van der Waals surface area contributed by atoms with Gasteiger partial charge in [-0.25, -0.2) is 4.79 Å². The Morgan fingerprint density at radius 3 is 2.78 bits per heavy atom. The van der Waals surface area contributed by atoms with E-state index < -0.39 is 11.7 Å². The maximum Gasteiger partial charge on any atom is 0.407 e. The normalized spacial score (nSPS) is 19.2. The van der Waals surface area contributed by atoms with Crippen molar-refractivity contribution in [2.24, 2.45) is 0 Å². The van der Waals surface area contributed by atoms with Gasteiger partial charge in [-0.15, -0.1) is 0 Å². The molecule has 1 amide bonds. The molecule has 1 heterocycles. The highest BCUT2D eigenvalue weighted by atomic mass is 16.6. The molecule has 1 aromatic carbocycles. The number of alkyl carbamates (subject to hydrolysis) is 1. The summed E-state index contributed by atoms with van der Waals surface area (Å²) in [6.07, 6.45) is 7.01. The number of nitrogens with two attached hydrogens (primary N) is 1. The van der Waals surface area contributed by atoms with Crippen molar-refractivity contribution < 1.29 is 14.8 Å². The number of nitrogens with one attached hydrogen (secondary N) is 1. The zero-order chi connectivity index (χ0) is 20.1. The molecule has 0 atom stereocenters. The van der Waals surface area contributed by atoms with Gasteiger partial charge in [-0.3, -0.25) is 5.32 Å². The summed E-state index contributed by atoms with van der Waals surface area (Å²) in [7, 11) is 0. The van der Waals surface area contributed by atoms with Crippen LogP contribution in [0.4, 0.5) is 10.5 Å². The van der Waals surface area contributed by atoms with E-state index in [1.807, 2.05) is 39.1 Å². The van der Waals surface area contributed by atoms with Crippen molar-refractivity contribution in [3.05, 3.63) is 53.3 Å². The Kier molecular flexibility index (Phi) is 6.45. The van der Waals surface area contributed by atoms with Crippen LogP contribution in [0.15, 0.2) is 42.1 Å². The van der Waals surface area contributed by atoms with E-state index in [0.717, 1.165) is 23.2 Å². The first-order chi connectivity index (χ1) is 12.6. The fourth-order valence-electron chi connectivity index (χ4n) is 3.00. The van der Waals surface area contributed by atoms with E-state index in [-0.39, 0.29) is 5.41 Å². The summed E-state index contributed by atoms with van der Waals surface area (Å²) in [5.41, 5.74) is 3.87. The number of fused-ring (bicyclic) bond motifs is 1. The van der Waals surface area contributed by atoms with E-state index in [1.54, 1.807) is 0 Å². The van der Waals surface area contributed by atoms with Crippen LogP contribution in [-0.4, -0.2) is 11.7 Å². The Morgan fingerprint density at radius 2 is 2.11 bits per heavy atom. The molecule has 0 saturated carbocycles. The maximum atomic E-state index is 11.9. The molecule has 2 rings (SSSR count). The van der Waals surface area contributed by atoms with Gasteiger partial charge >= 0.3 is 6.09 Å². The second kappa shape index (κ2) is 8.41. The molecule has 1 aliphatic rings. The summed E-state index contributed by atoms with van der Waals surface area (Å²) in [4.78, 5) is 11.9. The van der Waals surface area contributed by atoms with Crippen LogP contribution in [0.3, 0.4) is 0 Å². The standard InChI is InChI=1S/C22H29N3O2/c1-21(2,3)27-20(26)25-15-17-6-7-19-18(14-17)22(4,5)11-8-16(9-12-23)10-13-24-19/h6-8,10,13-14,24H,9,11,15H2,1-5H3,(H,25,26)/p+1/b13-10-,16-8-. The quantitative estimate of drug-likeness (QED) is 0.793. The van der Waals surface area contributed by atoms with Gasteiger partial charge in [-0.1, -0.05) is 26.0 Å². The van der Waals surface area contributed by atoms with Crippen LogP contribution in [0.5, 0.6) is 0 Å². The number of amides is 1. The molecule has 27 heavy (non-hydrogen) atoms. The molecule has 144 valence electrons. The van der Waals surface area contributed by atoms with E-state index in [1.165, 1.54) is 5.56 Å². The Balaban J connectivity index is 2.20. The molecule has 1 aliphatic heterocycles. The van der Waals surface area contributed by atoms with Crippen LogP contribution >= 0.6 is 0 Å². The van der Waals surface area contributed by atoms with Crippen molar-refractivity contribution in [1.29, 1.82) is 5.26 Å². The molecule has 5 nitrogen and oxygen atoms in total. The van der Waals surface area contributed by atoms with E-state index in [0.29, 0.717) is 13.0 Å². The Labute approximate surface area is 162 Å². The molecule has 0 unspecified atom stereocenters. The molecule has 0 spiro atoms. The van der Waals surface area contributed by atoms with Crippen molar-refractivity contribution in [1.82, 2.24) is 5.32 Å². The lowest BCUT2D eigenvalue weighted by Gasteiger charge is -2.25. The van der Waals surface area contributed by atoms with Crippen molar-refractivity contribution in [3.8, 4) is 6.07 Å². The van der Waals surface area contributed by atoms with Gasteiger partial charge in [-0.05, 0) is 55.9 Å². The SMILES string of the molecule is CC(C)(C)OC(=O)NCc1ccc2c(c1)C(C)(C)C/C=C(CC#N)\C=C/[NH2+]2. The minimum absolute atomic E-state index is 0.0828. The Hall–Kier alpha value is -2.58. The molecule has 3 N–H and O–H groups in total. The monoisotopic (exact) mass is 368 g/mol. The average molecular weight is 369 g/mol. The van der Waals surface area contributed by atoms with E-state index in [2.05, 4.69) is 48.8 Å². The summed E-state index contributed by atoms with van der Waals surface area (Å²) in [5.74, 6) is 0. The number of benzene rings is 1. The van der Waals surface area contributed by atoms with Gasteiger partial charge in [0.15, 0.2) is 0 Å². The topological polar surface area (TPSA) is 78.7 Å². The summed E-state index contributed by atoms with van der Waals surface area (Å²) in [6, 6.07) is 8.49. The highest BCUT2D eigenvalue weighted by Gasteiger charge is 2.26. The van der Waals surface area contributed by atoms with Gasteiger partial charge in [0.1, 0.15) is 11.3 Å². The predicted molar refractivity (Wildman–Crippen MR) is 106 cm³/mol. The maximum absolute atomic E-state index is 11.9. The molecular weight excluding hydrogens is 338 g/mol. The molecular formula is C22H30N3O2+. The first-order valence-electron chi connectivity index (χ1n) is 9.28. The van der Waals surface area contributed by atoms with Gasteiger partial charge < -0.3 is 10.1 Å². The second-order valence-electron chi connectivity index (χ2n) is 8.50. The van der Waals surface area contributed by atoms with Crippen LogP contribution in [0.25, 0.3) is 0 Å². The molecule has 5 heteroatoms. The number of allylic oxidation sites excluding steroid dienone is 3. The van der Waals surface area contributed by atoms with Gasteiger partial charge in [0.25, 0.3) is 0 Å². The first kappa shape index (κ1) is 20.7. The van der Waals surface area contributed by atoms with E-state index in [4.69, 9.17) is 10.00 Å². The fourth-order valence-corrected chi connectivity index (χ4v) is 3.00. The lowest BCUT2D eigenvalue weighted by molar-refractivity contribution is -0.497. The molecule has 1 aromatic rings.